The van der Waals surface area contributed by atoms with E-state index in [1.807, 2.05) is 0 Å². The molecule has 0 aliphatic heterocycles. The van der Waals surface area contributed by atoms with E-state index < -0.39 is 53.4 Å². The average Bonchev–Trinajstić information content (AvgIpc) is 2.58. The molecule has 0 unspecified atom stereocenters. The quantitative estimate of drug-likeness (QED) is 0.402. The predicted octanol–water partition coefficient (Wildman–Crippen LogP) is 3.78. The summed E-state index contributed by atoms with van der Waals surface area (Å²) >= 11 is 0. The number of hydrogen-bond donors (Lipinski definition) is 0. The van der Waals surface area contributed by atoms with Crippen LogP contribution < -0.4 is 0 Å². The predicted molar refractivity (Wildman–Crippen MR) is 58.7 cm³/mol. The van der Waals surface area contributed by atoms with Crippen LogP contribution in [0.2, 0.25) is 0 Å². The van der Waals surface area contributed by atoms with Crippen molar-refractivity contribution in [2.45, 2.75) is 41.5 Å². The molecule has 0 spiro atoms. The van der Waals surface area contributed by atoms with E-state index in [2.05, 4.69) is 9.47 Å². The lowest BCUT2D eigenvalue weighted by Crippen LogP contribution is -2.74. The van der Waals surface area contributed by atoms with E-state index in [0.29, 0.717) is 0 Å². The largest absolute Gasteiger partial charge is 0.464 e. The molecule has 0 heterocycles. The Morgan fingerprint density at radius 1 is 0.448 bits per heavy atom. The molecule has 0 aliphatic rings. The highest BCUT2D eigenvalue weighted by molar-refractivity contribution is 5.79. The second-order valence-electron chi connectivity index (χ2n) is 5.00. The fourth-order valence-corrected chi connectivity index (χ4v) is 1.50. The van der Waals surface area contributed by atoms with E-state index in [4.69, 9.17) is 0 Å². The number of carbonyl (C=O) groups excluding carboxylic acids is 2. The first-order valence-electron chi connectivity index (χ1n) is 6.28. The summed E-state index contributed by atoms with van der Waals surface area (Å²) in [5, 5.41) is 0. The van der Waals surface area contributed by atoms with Crippen LogP contribution in [0.15, 0.2) is 0 Å². The molecular weight excluding hydrogens is 462 g/mol. The normalized spacial score (nSPS) is 15.2. The fraction of sp³-hybridized carbons (Fsp3) is 0.818. The van der Waals surface area contributed by atoms with Gasteiger partial charge >= 0.3 is 53.4 Å². The van der Waals surface area contributed by atoms with Gasteiger partial charge in [0.05, 0.1) is 14.2 Å². The molecule has 0 amide bonds. The number of alkyl halides is 14. The minimum absolute atomic E-state index is 0.164. The first kappa shape index (κ1) is 27.0. The van der Waals surface area contributed by atoms with Crippen LogP contribution in [0, 0.1) is 0 Å². The summed E-state index contributed by atoms with van der Waals surface area (Å²) < 4.78 is 191. The highest BCUT2D eigenvalue weighted by atomic mass is 19.4. The van der Waals surface area contributed by atoms with Gasteiger partial charge in [0.2, 0.25) is 0 Å². The summed E-state index contributed by atoms with van der Waals surface area (Å²) in [5.74, 6) is -62.1. The SMILES string of the molecule is COC(=O)C(F)(F)C(F)(F)C(F)(F)C(F)(F)C(F)(F)C(F)(F)C(F)(F)C(=O)OC. The monoisotopic (exact) mass is 468 g/mol. The van der Waals surface area contributed by atoms with Crippen molar-refractivity contribution < 1.29 is 80.5 Å². The zero-order chi connectivity index (χ0) is 24.1. The van der Waals surface area contributed by atoms with Crippen LogP contribution in [-0.4, -0.2) is 67.6 Å². The number of halogens is 14. The molecule has 0 bridgehead atoms. The first-order chi connectivity index (χ1) is 12.5. The maximum absolute atomic E-state index is 13.3. The molecule has 0 saturated heterocycles. The van der Waals surface area contributed by atoms with Gasteiger partial charge in [-0.2, -0.15) is 61.5 Å². The third-order valence-corrected chi connectivity index (χ3v) is 3.25. The Morgan fingerprint density at radius 2 is 0.621 bits per heavy atom. The summed E-state index contributed by atoms with van der Waals surface area (Å²) in [6.07, 6.45) is 0. The summed E-state index contributed by atoms with van der Waals surface area (Å²) in [6, 6.07) is 0. The van der Waals surface area contributed by atoms with E-state index in [1.165, 1.54) is 0 Å². The Labute approximate surface area is 149 Å². The van der Waals surface area contributed by atoms with Crippen LogP contribution in [0.5, 0.6) is 0 Å². The Kier molecular flexibility index (Phi) is 6.54. The zero-order valence-electron chi connectivity index (χ0n) is 13.4. The van der Waals surface area contributed by atoms with Gasteiger partial charge in [-0.15, -0.1) is 0 Å². The lowest BCUT2D eigenvalue weighted by atomic mass is 9.89. The molecule has 0 aliphatic carbocycles. The molecule has 0 aromatic rings. The van der Waals surface area contributed by atoms with Crippen LogP contribution in [0.3, 0.4) is 0 Å². The highest BCUT2D eigenvalue weighted by Crippen LogP contribution is 2.62. The van der Waals surface area contributed by atoms with Crippen molar-refractivity contribution in [3.8, 4) is 0 Å². The summed E-state index contributed by atoms with van der Waals surface area (Å²) in [6.45, 7) is 0. The topological polar surface area (TPSA) is 52.6 Å². The van der Waals surface area contributed by atoms with Gasteiger partial charge in [-0.3, -0.25) is 0 Å². The van der Waals surface area contributed by atoms with E-state index in [1.54, 1.807) is 0 Å². The summed E-state index contributed by atoms with van der Waals surface area (Å²) in [4.78, 5) is 20.9. The highest BCUT2D eigenvalue weighted by Gasteiger charge is 2.94. The number of esters is 2. The van der Waals surface area contributed by atoms with Crippen molar-refractivity contribution in [2.24, 2.45) is 0 Å². The second kappa shape index (κ2) is 7.03. The van der Waals surface area contributed by atoms with Gasteiger partial charge in [0.15, 0.2) is 0 Å². The fourth-order valence-electron chi connectivity index (χ4n) is 1.50. The first-order valence-corrected chi connectivity index (χ1v) is 6.28. The number of ether oxygens (including phenoxy) is 2. The zero-order valence-corrected chi connectivity index (χ0v) is 13.4. The molecule has 0 N–H and O–H groups in total. The van der Waals surface area contributed by atoms with Gasteiger partial charge in [0.1, 0.15) is 0 Å². The molecule has 0 saturated carbocycles. The lowest BCUT2D eigenvalue weighted by molar-refractivity contribution is -0.435. The summed E-state index contributed by atoms with van der Waals surface area (Å²) in [7, 11) is -0.329. The van der Waals surface area contributed by atoms with Crippen molar-refractivity contribution in [3.05, 3.63) is 0 Å². The number of rotatable bonds is 8. The lowest BCUT2D eigenvalue weighted by Gasteiger charge is -2.41. The molecule has 0 aromatic carbocycles. The maximum atomic E-state index is 13.3. The number of carbonyl (C=O) groups is 2. The van der Waals surface area contributed by atoms with Crippen molar-refractivity contribution >= 4 is 11.9 Å². The minimum atomic E-state index is -8.40. The van der Waals surface area contributed by atoms with E-state index in [-0.39, 0.29) is 14.2 Å². The van der Waals surface area contributed by atoms with Crippen molar-refractivity contribution in [1.82, 2.24) is 0 Å². The van der Waals surface area contributed by atoms with Crippen LogP contribution >= 0.6 is 0 Å². The van der Waals surface area contributed by atoms with Crippen LogP contribution in [0.4, 0.5) is 61.5 Å². The van der Waals surface area contributed by atoms with Gasteiger partial charge in [0, 0.05) is 0 Å². The Bertz CT molecular complexity index is 602. The maximum Gasteiger partial charge on any atom is 0.410 e. The number of methoxy groups -OCH3 is 2. The molecule has 172 valence electrons. The molecule has 4 nitrogen and oxygen atoms in total. The Balaban J connectivity index is 6.72. The van der Waals surface area contributed by atoms with Gasteiger partial charge in [-0.25, -0.2) is 9.59 Å². The van der Waals surface area contributed by atoms with Gasteiger partial charge in [-0.1, -0.05) is 0 Å². The Hall–Kier alpha value is -2.04. The molecular formula is C11H6F14O4. The Morgan fingerprint density at radius 3 is 0.793 bits per heavy atom. The molecule has 0 rings (SSSR count). The molecule has 0 atom stereocenters. The molecule has 0 fully saturated rings. The smallest absolute Gasteiger partial charge is 0.410 e. The molecule has 0 aromatic heterocycles. The molecule has 18 heteroatoms. The van der Waals surface area contributed by atoms with Crippen molar-refractivity contribution in [2.75, 3.05) is 14.2 Å². The number of hydrogen-bond acceptors (Lipinski definition) is 4. The van der Waals surface area contributed by atoms with Crippen LogP contribution in [-0.2, 0) is 19.1 Å². The van der Waals surface area contributed by atoms with Crippen LogP contribution in [0.25, 0.3) is 0 Å². The van der Waals surface area contributed by atoms with Gasteiger partial charge in [-0.05, 0) is 0 Å². The van der Waals surface area contributed by atoms with Crippen LogP contribution in [0.1, 0.15) is 0 Å². The molecule has 0 radical (unpaired) electrons. The van der Waals surface area contributed by atoms with Gasteiger partial charge in [0.25, 0.3) is 0 Å². The summed E-state index contributed by atoms with van der Waals surface area (Å²) in [5.41, 5.74) is 0. The third-order valence-electron chi connectivity index (χ3n) is 3.25. The van der Waals surface area contributed by atoms with E-state index >= 15 is 0 Å². The third kappa shape index (κ3) is 3.23. The van der Waals surface area contributed by atoms with Crippen molar-refractivity contribution in [3.63, 3.8) is 0 Å². The molecule has 29 heavy (non-hydrogen) atoms. The van der Waals surface area contributed by atoms with Crippen molar-refractivity contribution in [1.29, 1.82) is 0 Å². The average molecular weight is 468 g/mol. The standard InChI is InChI=1S/C11H6F14O4/c1-28-3(26)5(12,13)7(16,17)9(20,21)11(24,25)10(22,23)8(18,19)6(14,15)4(27)29-2/h1-2H3. The second-order valence-corrected chi connectivity index (χ2v) is 5.00. The van der Waals surface area contributed by atoms with E-state index in [9.17, 15) is 71.1 Å². The van der Waals surface area contributed by atoms with E-state index in [0.717, 1.165) is 0 Å². The van der Waals surface area contributed by atoms with Gasteiger partial charge < -0.3 is 9.47 Å². The minimum Gasteiger partial charge on any atom is -0.464 e.